The van der Waals surface area contributed by atoms with Crippen molar-refractivity contribution in [2.45, 2.75) is 12.2 Å². The molecule has 10 heavy (non-hydrogen) atoms. The van der Waals surface area contributed by atoms with Crippen molar-refractivity contribution in [3.05, 3.63) is 0 Å². The smallest absolute Gasteiger partial charge is 0.129 e. The zero-order valence-corrected chi connectivity index (χ0v) is 5.77. The molecule has 4 heteroatoms. The molecule has 1 rings (SSSR count). The lowest BCUT2D eigenvalue weighted by Crippen LogP contribution is -2.92. The van der Waals surface area contributed by atoms with Crippen LogP contribution >= 0.6 is 0 Å². The first-order valence-corrected chi connectivity index (χ1v) is 3.54. The first-order valence-electron chi connectivity index (χ1n) is 3.54. The SMILES string of the molecule is OCC1C[NH2+]C[C@@H](O)[C@@H]1O. The highest BCUT2D eigenvalue weighted by atomic mass is 16.3. The minimum absolute atomic E-state index is 0.0469. The van der Waals surface area contributed by atoms with E-state index in [-0.39, 0.29) is 12.5 Å². The van der Waals surface area contributed by atoms with Crippen LogP contribution in [0, 0.1) is 5.92 Å². The molecule has 1 fully saturated rings. The number of aliphatic hydroxyl groups excluding tert-OH is 3. The third-order valence-corrected chi connectivity index (χ3v) is 1.99. The Balaban J connectivity index is 2.42. The van der Waals surface area contributed by atoms with Crippen LogP contribution in [0.5, 0.6) is 0 Å². The zero-order valence-electron chi connectivity index (χ0n) is 5.77. The quantitative estimate of drug-likeness (QED) is 0.318. The third-order valence-electron chi connectivity index (χ3n) is 1.99. The lowest BCUT2D eigenvalue weighted by molar-refractivity contribution is -0.680. The Morgan fingerprint density at radius 2 is 2.00 bits per heavy atom. The Hall–Kier alpha value is -0.160. The number of rotatable bonds is 1. The van der Waals surface area contributed by atoms with E-state index in [2.05, 4.69) is 0 Å². The van der Waals surface area contributed by atoms with Crippen molar-refractivity contribution < 1.29 is 20.6 Å². The van der Waals surface area contributed by atoms with Gasteiger partial charge in [-0.1, -0.05) is 0 Å². The van der Waals surface area contributed by atoms with E-state index in [9.17, 15) is 5.11 Å². The first kappa shape index (κ1) is 7.94. The predicted octanol–water partition coefficient (Wildman–Crippen LogP) is -3.11. The second-order valence-electron chi connectivity index (χ2n) is 2.76. The van der Waals surface area contributed by atoms with Gasteiger partial charge < -0.3 is 20.6 Å². The lowest BCUT2D eigenvalue weighted by Gasteiger charge is -2.28. The van der Waals surface area contributed by atoms with Crippen LogP contribution in [0.15, 0.2) is 0 Å². The van der Waals surface area contributed by atoms with Crippen LogP contribution in [-0.4, -0.2) is 47.2 Å². The minimum atomic E-state index is -0.741. The fourth-order valence-electron chi connectivity index (χ4n) is 1.26. The van der Waals surface area contributed by atoms with E-state index < -0.39 is 12.2 Å². The minimum Gasteiger partial charge on any atom is -0.396 e. The molecule has 0 aliphatic carbocycles. The van der Waals surface area contributed by atoms with Crippen LogP contribution in [0.25, 0.3) is 0 Å². The van der Waals surface area contributed by atoms with Crippen LogP contribution in [-0.2, 0) is 0 Å². The molecule has 1 heterocycles. The van der Waals surface area contributed by atoms with E-state index in [0.717, 1.165) is 0 Å². The van der Waals surface area contributed by atoms with Gasteiger partial charge in [-0.3, -0.25) is 0 Å². The summed E-state index contributed by atoms with van der Waals surface area (Å²) in [6, 6.07) is 0. The maximum atomic E-state index is 9.21. The molecule has 0 bridgehead atoms. The van der Waals surface area contributed by atoms with Gasteiger partial charge >= 0.3 is 0 Å². The summed E-state index contributed by atoms with van der Waals surface area (Å²) in [7, 11) is 0. The molecule has 0 amide bonds. The monoisotopic (exact) mass is 148 g/mol. The number of aliphatic hydroxyl groups is 3. The van der Waals surface area contributed by atoms with Gasteiger partial charge in [-0.15, -0.1) is 0 Å². The fraction of sp³-hybridized carbons (Fsp3) is 1.00. The number of piperidine rings is 1. The highest BCUT2D eigenvalue weighted by Crippen LogP contribution is 2.06. The van der Waals surface area contributed by atoms with E-state index in [1.54, 1.807) is 0 Å². The molecule has 0 aromatic carbocycles. The van der Waals surface area contributed by atoms with Crippen molar-refractivity contribution in [2.75, 3.05) is 19.7 Å². The van der Waals surface area contributed by atoms with Crippen molar-refractivity contribution in [1.29, 1.82) is 0 Å². The zero-order chi connectivity index (χ0) is 7.56. The van der Waals surface area contributed by atoms with Crippen molar-refractivity contribution in [3.8, 4) is 0 Å². The summed E-state index contributed by atoms with van der Waals surface area (Å²) < 4.78 is 0. The van der Waals surface area contributed by atoms with Crippen LogP contribution in [0.1, 0.15) is 0 Å². The summed E-state index contributed by atoms with van der Waals surface area (Å²) >= 11 is 0. The Morgan fingerprint density at radius 3 is 2.50 bits per heavy atom. The van der Waals surface area contributed by atoms with Gasteiger partial charge in [-0.2, -0.15) is 0 Å². The summed E-state index contributed by atoms with van der Waals surface area (Å²) in [5, 5.41) is 28.9. The average molecular weight is 148 g/mol. The first-order chi connectivity index (χ1) is 4.75. The van der Waals surface area contributed by atoms with Gasteiger partial charge in [-0.05, 0) is 0 Å². The molecule has 3 atom stereocenters. The molecule has 0 aromatic heterocycles. The molecular weight excluding hydrogens is 134 g/mol. The van der Waals surface area contributed by atoms with Crippen LogP contribution < -0.4 is 5.32 Å². The third kappa shape index (κ3) is 1.46. The Bertz CT molecular complexity index is 109. The summed E-state index contributed by atoms with van der Waals surface area (Å²) in [6.07, 6.45) is -1.42. The van der Waals surface area contributed by atoms with Crippen LogP contribution in [0.3, 0.4) is 0 Å². The van der Waals surface area contributed by atoms with Gasteiger partial charge in [0.1, 0.15) is 12.6 Å². The predicted molar refractivity (Wildman–Crippen MR) is 34.2 cm³/mol. The molecule has 60 valence electrons. The molecule has 1 unspecified atom stereocenters. The number of quaternary nitrogens is 1. The van der Waals surface area contributed by atoms with E-state index in [1.165, 1.54) is 0 Å². The summed E-state index contributed by atoms with van der Waals surface area (Å²) in [6.45, 7) is 1.20. The highest BCUT2D eigenvalue weighted by molar-refractivity contribution is 4.76. The maximum Gasteiger partial charge on any atom is 0.129 e. The van der Waals surface area contributed by atoms with Crippen molar-refractivity contribution >= 4 is 0 Å². The second kappa shape index (κ2) is 3.30. The molecule has 0 radical (unpaired) electrons. The molecule has 1 aliphatic heterocycles. The van der Waals surface area contributed by atoms with Gasteiger partial charge in [0.05, 0.1) is 25.2 Å². The molecule has 0 aromatic rings. The summed E-state index contributed by atoms with van der Waals surface area (Å²) in [5.74, 6) is -0.163. The number of hydrogen-bond acceptors (Lipinski definition) is 3. The molecule has 1 saturated heterocycles. The van der Waals surface area contributed by atoms with Gasteiger partial charge in [0.15, 0.2) is 0 Å². The van der Waals surface area contributed by atoms with Crippen LogP contribution in [0.4, 0.5) is 0 Å². The number of hydrogen-bond donors (Lipinski definition) is 4. The van der Waals surface area contributed by atoms with Crippen LogP contribution in [0.2, 0.25) is 0 Å². The molecular formula is C6H14NO3+. The fourth-order valence-corrected chi connectivity index (χ4v) is 1.26. The standard InChI is InChI=1S/C6H13NO3/c8-3-4-1-7-2-5(9)6(4)10/h4-10H,1-3H2/p+1/t4?,5-,6-/m1/s1. The van der Waals surface area contributed by atoms with Gasteiger partial charge in [0.2, 0.25) is 0 Å². The molecule has 4 nitrogen and oxygen atoms in total. The molecule has 1 aliphatic rings. The lowest BCUT2D eigenvalue weighted by atomic mass is 9.95. The molecule has 0 spiro atoms. The number of nitrogens with two attached hydrogens (primary N) is 1. The van der Waals surface area contributed by atoms with Gasteiger partial charge in [-0.25, -0.2) is 0 Å². The normalized spacial score (nSPS) is 41.7. The average Bonchev–Trinajstić information content (AvgIpc) is 1.95. The van der Waals surface area contributed by atoms with E-state index in [4.69, 9.17) is 10.2 Å². The summed E-state index contributed by atoms with van der Waals surface area (Å²) in [5.41, 5.74) is 0. The Labute approximate surface area is 59.5 Å². The van der Waals surface area contributed by atoms with E-state index >= 15 is 0 Å². The van der Waals surface area contributed by atoms with Gasteiger partial charge in [0, 0.05) is 0 Å². The Kier molecular flexibility index (Phi) is 2.62. The highest BCUT2D eigenvalue weighted by Gasteiger charge is 2.32. The Morgan fingerprint density at radius 1 is 1.30 bits per heavy atom. The molecule has 5 N–H and O–H groups in total. The second-order valence-corrected chi connectivity index (χ2v) is 2.76. The van der Waals surface area contributed by atoms with Gasteiger partial charge in [0.25, 0.3) is 0 Å². The molecule has 0 saturated carbocycles. The van der Waals surface area contributed by atoms with Crippen molar-refractivity contribution in [1.82, 2.24) is 0 Å². The van der Waals surface area contributed by atoms with Crippen molar-refractivity contribution in [3.63, 3.8) is 0 Å². The largest absolute Gasteiger partial charge is 0.396 e. The topological polar surface area (TPSA) is 77.3 Å². The van der Waals surface area contributed by atoms with Crippen molar-refractivity contribution in [2.24, 2.45) is 5.92 Å². The van der Waals surface area contributed by atoms with E-state index in [1.807, 2.05) is 5.32 Å². The van der Waals surface area contributed by atoms with E-state index in [0.29, 0.717) is 13.1 Å². The maximum absolute atomic E-state index is 9.21. The summed E-state index contributed by atoms with van der Waals surface area (Å²) in [4.78, 5) is 0.